The molecule has 0 aliphatic carbocycles. The number of hydrazone groups is 1. The maximum Gasteiger partial charge on any atom is 0.272 e. The Balaban J connectivity index is 2.07. The van der Waals surface area contributed by atoms with E-state index in [1.54, 1.807) is 24.7 Å². The van der Waals surface area contributed by atoms with Gasteiger partial charge in [-0.25, -0.2) is 5.43 Å². The number of hydrogen-bond donors (Lipinski definition) is 1. The molecule has 0 unspecified atom stereocenters. The van der Waals surface area contributed by atoms with Gasteiger partial charge in [0.15, 0.2) is 0 Å². The molecule has 104 valence electrons. The molecule has 1 heterocycles. The molecule has 1 amide bonds. The lowest BCUT2D eigenvalue weighted by Gasteiger charge is -2.03. The molecule has 20 heavy (non-hydrogen) atoms. The Labute approximate surface area is 122 Å². The standard InChI is InChI=1S/C15H16N2O2S/c1-10-11(2)20-9-13(10)15(18)17-16-8-12-6-4-5-7-14(12)19-3/h4-9H,1-3H3,(H,17,18). The van der Waals surface area contributed by atoms with E-state index in [4.69, 9.17) is 4.74 Å². The Bertz CT molecular complexity index is 647. The van der Waals surface area contributed by atoms with Crippen LogP contribution in [-0.2, 0) is 0 Å². The molecule has 0 aliphatic rings. The van der Waals surface area contributed by atoms with Crippen molar-refractivity contribution in [2.45, 2.75) is 13.8 Å². The van der Waals surface area contributed by atoms with Gasteiger partial charge in [-0.05, 0) is 31.5 Å². The molecule has 0 fully saturated rings. The number of thiophene rings is 1. The molecule has 5 heteroatoms. The van der Waals surface area contributed by atoms with E-state index in [0.717, 1.165) is 16.0 Å². The average molecular weight is 288 g/mol. The summed E-state index contributed by atoms with van der Waals surface area (Å²) in [6, 6.07) is 7.48. The molecule has 2 rings (SSSR count). The van der Waals surface area contributed by atoms with Crippen LogP contribution in [0.1, 0.15) is 26.4 Å². The van der Waals surface area contributed by atoms with Gasteiger partial charge in [-0.2, -0.15) is 5.10 Å². The third-order valence-corrected chi connectivity index (χ3v) is 4.05. The smallest absolute Gasteiger partial charge is 0.272 e. The third-order valence-electron chi connectivity index (χ3n) is 3.04. The van der Waals surface area contributed by atoms with Gasteiger partial charge < -0.3 is 4.74 Å². The number of nitrogens with zero attached hydrogens (tertiary/aromatic N) is 1. The Morgan fingerprint density at radius 1 is 1.35 bits per heavy atom. The van der Waals surface area contributed by atoms with E-state index < -0.39 is 0 Å². The van der Waals surface area contributed by atoms with E-state index in [1.807, 2.05) is 43.5 Å². The number of rotatable bonds is 4. The summed E-state index contributed by atoms with van der Waals surface area (Å²) in [6.07, 6.45) is 1.57. The zero-order valence-corrected chi connectivity index (χ0v) is 12.5. The maximum atomic E-state index is 12.0. The van der Waals surface area contributed by atoms with Crippen molar-refractivity contribution in [2.75, 3.05) is 7.11 Å². The number of para-hydroxylation sites is 1. The summed E-state index contributed by atoms with van der Waals surface area (Å²) < 4.78 is 5.21. The zero-order chi connectivity index (χ0) is 14.5. The van der Waals surface area contributed by atoms with Gasteiger partial charge in [-0.3, -0.25) is 4.79 Å². The summed E-state index contributed by atoms with van der Waals surface area (Å²) in [5.41, 5.74) is 5.02. The van der Waals surface area contributed by atoms with E-state index in [-0.39, 0.29) is 5.91 Å². The molecule has 1 aromatic heterocycles. The largest absolute Gasteiger partial charge is 0.496 e. The first kappa shape index (κ1) is 14.3. The molecule has 0 spiro atoms. The van der Waals surface area contributed by atoms with Gasteiger partial charge >= 0.3 is 0 Å². The predicted octanol–water partition coefficient (Wildman–Crippen LogP) is 3.14. The minimum absolute atomic E-state index is 0.196. The van der Waals surface area contributed by atoms with Gasteiger partial charge in [0.05, 0.1) is 18.9 Å². The molecule has 1 aromatic carbocycles. The van der Waals surface area contributed by atoms with Crippen molar-refractivity contribution in [1.82, 2.24) is 5.43 Å². The van der Waals surface area contributed by atoms with Crippen LogP contribution in [0.3, 0.4) is 0 Å². The molecule has 0 bridgehead atoms. The summed E-state index contributed by atoms with van der Waals surface area (Å²) >= 11 is 1.56. The highest BCUT2D eigenvalue weighted by Crippen LogP contribution is 2.20. The summed E-state index contributed by atoms with van der Waals surface area (Å²) in [4.78, 5) is 13.1. The number of aryl methyl sites for hydroxylation is 1. The molecule has 0 saturated heterocycles. The van der Waals surface area contributed by atoms with Crippen LogP contribution >= 0.6 is 11.3 Å². The van der Waals surface area contributed by atoms with Crippen molar-refractivity contribution in [2.24, 2.45) is 5.10 Å². The highest BCUT2D eigenvalue weighted by Gasteiger charge is 2.11. The van der Waals surface area contributed by atoms with Crippen LogP contribution in [0, 0.1) is 13.8 Å². The van der Waals surface area contributed by atoms with E-state index in [2.05, 4.69) is 10.5 Å². The van der Waals surface area contributed by atoms with Crippen LogP contribution in [0.2, 0.25) is 0 Å². The summed E-state index contributed by atoms with van der Waals surface area (Å²) in [5, 5.41) is 5.82. The normalized spacial score (nSPS) is 10.8. The number of carbonyl (C=O) groups is 1. The number of ether oxygens (including phenoxy) is 1. The SMILES string of the molecule is COc1ccccc1C=NNC(=O)c1csc(C)c1C. The minimum atomic E-state index is -0.196. The van der Waals surface area contributed by atoms with Gasteiger partial charge in [-0.1, -0.05) is 12.1 Å². The second-order valence-corrected chi connectivity index (χ2v) is 5.36. The monoisotopic (exact) mass is 288 g/mol. The number of methoxy groups -OCH3 is 1. The van der Waals surface area contributed by atoms with E-state index in [9.17, 15) is 4.79 Å². The fourth-order valence-corrected chi connectivity index (χ4v) is 2.60. The van der Waals surface area contributed by atoms with E-state index in [0.29, 0.717) is 11.3 Å². The van der Waals surface area contributed by atoms with Crippen LogP contribution in [0.15, 0.2) is 34.7 Å². The van der Waals surface area contributed by atoms with Gasteiger partial charge in [0, 0.05) is 15.8 Å². The number of nitrogens with one attached hydrogen (secondary N) is 1. The lowest BCUT2D eigenvalue weighted by Crippen LogP contribution is -2.17. The van der Waals surface area contributed by atoms with Gasteiger partial charge in [0.2, 0.25) is 0 Å². The summed E-state index contributed by atoms with van der Waals surface area (Å²) in [6.45, 7) is 3.93. The van der Waals surface area contributed by atoms with Crippen LogP contribution in [0.4, 0.5) is 0 Å². The minimum Gasteiger partial charge on any atom is -0.496 e. The second kappa shape index (κ2) is 6.34. The molecule has 2 aromatic rings. The quantitative estimate of drug-likeness (QED) is 0.694. The average Bonchev–Trinajstić information content (AvgIpc) is 2.79. The van der Waals surface area contributed by atoms with Crippen LogP contribution in [-0.4, -0.2) is 19.2 Å². The van der Waals surface area contributed by atoms with Crippen molar-refractivity contribution in [3.05, 3.63) is 51.2 Å². The molecule has 0 atom stereocenters. The van der Waals surface area contributed by atoms with Crippen molar-refractivity contribution >= 4 is 23.5 Å². The molecular formula is C15H16N2O2S. The van der Waals surface area contributed by atoms with Crippen molar-refractivity contribution in [3.63, 3.8) is 0 Å². The highest BCUT2D eigenvalue weighted by molar-refractivity contribution is 7.10. The molecule has 1 N–H and O–H groups in total. The summed E-state index contributed by atoms with van der Waals surface area (Å²) in [7, 11) is 1.60. The van der Waals surface area contributed by atoms with Gasteiger partial charge in [-0.15, -0.1) is 11.3 Å². The number of amides is 1. The number of hydrogen-bond acceptors (Lipinski definition) is 4. The fraction of sp³-hybridized carbons (Fsp3) is 0.200. The molecular weight excluding hydrogens is 272 g/mol. The molecule has 0 radical (unpaired) electrons. The van der Waals surface area contributed by atoms with E-state index >= 15 is 0 Å². The van der Waals surface area contributed by atoms with Crippen molar-refractivity contribution in [1.29, 1.82) is 0 Å². The first-order valence-electron chi connectivity index (χ1n) is 6.14. The number of carbonyl (C=O) groups excluding carboxylic acids is 1. The Morgan fingerprint density at radius 3 is 2.75 bits per heavy atom. The molecule has 0 saturated carbocycles. The van der Waals surface area contributed by atoms with Gasteiger partial charge in [0.25, 0.3) is 5.91 Å². The van der Waals surface area contributed by atoms with E-state index in [1.165, 1.54) is 0 Å². The Kier molecular flexibility index (Phi) is 4.53. The molecule has 4 nitrogen and oxygen atoms in total. The lowest BCUT2D eigenvalue weighted by molar-refractivity contribution is 0.0955. The van der Waals surface area contributed by atoms with Crippen molar-refractivity contribution in [3.8, 4) is 5.75 Å². The topological polar surface area (TPSA) is 50.7 Å². The van der Waals surface area contributed by atoms with Crippen LogP contribution < -0.4 is 10.2 Å². The fourth-order valence-electron chi connectivity index (χ4n) is 1.73. The Morgan fingerprint density at radius 2 is 2.10 bits per heavy atom. The lowest BCUT2D eigenvalue weighted by atomic mass is 10.2. The highest BCUT2D eigenvalue weighted by atomic mass is 32.1. The first-order chi connectivity index (χ1) is 9.63. The first-order valence-corrected chi connectivity index (χ1v) is 7.02. The maximum absolute atomic E-state index is 12.0. The predicted molar refractivity (Wildman–Crippen MR) is 81.8 cm³/mol. The summed E-state index contributed by atoms with van der Waals surface area (Å²) in [5.74, 6) is 0.519. The Hall–Kier alpha value is -2.14. The second-order valence-electron chi connectivity index (χ2n) is 4.27. The zero-order valence-electron chi connectivity index (χ0n) is 11.6. The van der Waals surface area contributed by atoms with Gasteiger partial charge in [0.1, 0.15) is 5.75 Å². The molecule has 0 aliphatic heterocycles. The van der Waals surface area contributed by atoms with Crippen LogP contribution in [0.25, 0.3) is 0 Å². The van der Waals surface area contributed by atoms with Crippen LogP contribution in [0.5, 0.6) is 5.75 Å². The van der Waals surface area contributed by atoms with Crippen molar-refractivity contribution < 1.29 is 9.53 Å². The third kappa shape index (κ3) is 3.05. The number of benzene rings is 1.